The van der Waals surface area contributed by atoms with Gasteiger partial charge in [-0.1, -0.05) is 35.5 Å². The van der Waals surface area contributed by atoms with Crippen molar-refractivity contribution in [3.05, 3.63) is 80.7 Å². The quantitative estimate of drug-likeness (QED) is 0.189. The first kappa shape index (κ1) is 22.5. The van der Waals surface area contributed by atoms with Crippen molar-refractivity contribution in [3.63, 3.8) is 0 Å². The molecule has 0 bridgehead atoms. The second-order valence-corrected chi connectivity index (χ2v) is 10.2. The first-order chi connectivity index (χ1) is 16.6. The van der Waals surface area contributed by atoms with Gasteiger partial charge in [-0.2, -0.15) is 5.10 Å². The van der Waals surface area contributed by atoms with E-state index in [4.69, 9.17) is 4.98 Å². The normalized spacial score (nSPS) is 13.3. The fraction of sp³-hybridized carbons (Fsp3) is 0.240. The molecular formula is C25H23N5O2S2. The number of aromatic nitrogens is 3. The fourth-order valence-electron chi connectivity index (χ4n) is 4.00. The van der Waals surface area contributed by atoms with Crippen LogP contribution in [0.25, 0.3) is 15.9 Å². The Labute approximate surface area is 205 Å². The molecule has 9 heteroatoms. The van der Waals surface area contributed by atoms with Gasteiger partial charge in [-0.15, -0.1) is 11.3 Å². The molecule has 1 aliphatic carbocycles. The van der Waals surface area contributed by atoms with Crippen molar-refractivity contribution in [1.82, 2.24) is 20.0 Å². The van der Waals surface area contributed by atoms with Crippen LogP contribution in [0.5, 0.6) is 0 Å². The van der Waals surface area contributed by atoms with Crippen LogP contribution >= 0.6 is 23.1 Å². The van der Waals surface area contributed by atoms with E-state index in [0.717, 1.165) is 58.3 Å². The number of pyridine rings is 1. The zero-order valence-electron chi connectivity index (χ0n) is 18.7. The monoisotopic (exact) mass is 489 g/mol. The summed E-state index contributed by atoms with van der Waals surface area (Å²) in [5.41, 5.74) is 6.27. The van der Waals surface area contributed by atoms with Crippen molar-refractivity contribution >= 4 is 45.4 Å². The van der Waals surface area contributed by atoms with E-state index in [-0.39, 0.29) is 17.2 Å². The number of hydrogen-bond donors (Lipinski definition) is 1. The van der Waals surface area contributed by atoms with Crippen LogP contribution in [0.2, 0.25) is 0 Å². The van der Waals surface area contributed by atoms with Crippen molar-refractivity contribution in [2.45, 2.75) is 37.8 Å². The van der Waals surface area contributed by atoms with Gasteiger partial charge in [-0.3, -0.25) is 19.1 Å². The van der Waals surface area contributed by atoms with Gasteiger partial charge in [-0.25, -0.2) is 10.4 Å². The molecule has 0 radical (unpaired) electrons. The molecule has 0 fully saturated rings. The van der Waals surface area contributed by atoms with Crippen molar-refractivity contribution in [1.29, 1.82) is 0 Å². The molecule has 0 unspecified atom stereocenters. The van der Waals surface area contributed by atoms with E-state index < -0.39 is 0 Å². The van der Waals surface area contributed by atoms with Crippen LogP contribution in [0.4, 0.5) is 0 Å². The summed E-state index contributed by atoms with van der Waals surface area (Å²) in [7, 11) is 0. The molecule has 5 rings (SSSR count). The fourth-order valence-corrected chi connectivity index (χ4v) is 6.11. The predicted molar refractivity (Wildman–Crippen MR) is 137 cm³/mol. The third kappa shape index (κ3) is 4.67. The van der Waals surface area contributed by atoms with Gasteiger partial charge in [0, 0.05) is 22.8 Å². The maximum absolute atomic E-state index is 13.7. The van der Waals surface area contributed by atoms with E-state index in [2.05, 4.69) is 15.5 Å². The second kappa shape index (κ2) is 9.90. The van der Waals surface area contributed by atoms with Crippen LogP contribution in [0.1, 0.15) is 34.4 Å². The highest BCUT2D eigenvalue weighted by molar-refractivity contribution is 7.99. The Bertz CT molecular complexity index is 1430. The van der Waals surface area contributed by atoms with Gasteiger partial charge in [0.15, 0.2) is 5.16 Å². The number of aryl methyl sites for hydroxylation is 3. The Hall–Kier alpha value is -3.30. The van der Waals surface area contributed by atoms with E-state index >= 15 is 0 Å². The number of thioether (sulfide) groups is 1. The summed E-state index contributed by atoms with van der Waals surface area (Å²) >= 11 is 2.85. The maximum Gasteiger partial charge on any atom is 0.267 e. The molecule has 1 N–H and O–H groups in total. The molecule has 1 amide bonds. The lowest BCUT2D eigenvalue weighted by Gasteiger charge is -2.13. The number of amides is 1. The smallest absolute Gasteiger partial charge is 0.267 e. The first-order valence-electron chi connectivity index (χ1n) is 11.1. The summed E-state index contributed by atoms with van der Waals surface area (Å²) < 4.78 is 1.64. The van der Waals surface area contributed by atoms with Crippen LogP contribution in [0.15, 0.2) is 63.8 Å². The Morgan fingerprint density at radius 3 is 2.85 bits per heavy atom. The number of thiophene rings is 1. The average Bonchev–Trinajstić information content (AvgIpc) is 3.23. The average molecular weight is 490 g/mol. The lowest BCUT2D eigenvalue weighted by molar-refractivity contribution is -0.118. The highest BCUT2D eigenvalue weighted by Crippen LogP contribution is 2.35. The number of carbonyl (C=O) groups excluding carboxylic acids is 1. The summed E-state index contributed by atoms with van der Waals surface area (Å²) in [6, 6.07) is 11.4. The molecule has 0 atom stereocenters. The minimum absolute atomic E-state index is 0.0641. The second-order valence-electron chi connectivity index (χ2n) is 8.13. The lowest BCUT2D eigenvalue weighted by Crippen LogP contribution is -2.24. The number of rotatable bonds is 6. The van der Waals surface area contributed by atoms with E-state index in [9.17, 15) is 9.59 Å². The minimum atomic E-state index is -0.277. The molecule has 1 aliphatic rings. The molecule has 0 aliphatic heterocycles. The van der Waals surface area contributed by atoms with E-state index in [0.29, 0.717) is 5.16 Å². The van der Waals surface area contributed by atoms with Gasteiger partial charge in [-0.05, 0) is 56.4 Å². The molecule has 0 saturated carbocycles. The van der Waals surface area contributed by atoms with Gasteiger partial charge in [0.1, 0.15) is 4.83 Å². The van der Waals surface area contributed by atoms with Crippen LogP contribution in [-0.2, 0) is 17.6 Å². The third-order valence-electron chi connectivity index (χ3n) is 5.67. The number of carbonyl (C=O) groups is 1. The van der Waals surface area contributed by atoms with Crippen LogP contribution in [-0.4, -0.2) is 32.4 Å². The van der Waals surface area contributed by atoms with Crippen molar-refractivity contribution in [2.24, 2.45) is 5.10 Å². The van der Waals surface area contributed by atoms with E-state index in [1.807, 2.05) is 37.3 Å². The Kier molecular flexibility index (Phi) is 6.55. The molecule has 3 heterocycles. The van der Waals surface area contributed by atoms with Gasteiger partial charge in [0.25, 0.3) is 11.5 Å². The topological polar surface area (TPSA) is 89.2 Å². The lowest BCUT2D eigenvalue weighted by atomic mass is 9.97. The summed E-state index contributed by atoms with van der Waals surface area (Å²) in [6.07, 6.45) is 9.03. The maximum atomic E-state index is 13.7. The molecule has 4 aromatic rings. The van der Waals surface area contributed by atoms with Crippen molar-refractivity contribution in [2.75, 3.05) is 5.75 Å². The SMILES string of the molecule is Cc1ccc(-n2c(SCC(=O)N/N=C\c3cccnc3)nc3sc4c(c3c2=O)CCCC4)cc1. The number of hydrazone groups is 1. The standard InChI is InChI=1S/C25H23N5O2S2/c1-16-8-10-18(11-9-16)30-24(32)22-19-6-2-3-7-20(19)34-23(22)28-25(30)33-15-21(31)29-27-14-17-5-4-12-26-13-17/h4-5,8-14H,2-3,6-7,15H2,1H3,(H,29,31)/b27-14-. The molecule has 0 saturated heterocycles. The molecular weight excluding hydrogens is 466 g/mol. The number of fused-ring (bicyclic) bond motifs is 3. The van der Waals surface area contributed by atoms with Gasteiger partial charge in [0.05, 0.1) is 23.0 Å². The first-order valence-corrected chi connectivity index (χ1v) is 12.9. The van der Waals surface area contributed by atoms with Crippen molar-refractivity contribution < 1.29 is 4.79 Å². The number of hydrogen-bond acceptors (Lipinski definition) is 7. The van der Waals surface area contributed by atoms with Gasteiger partial charge in [0.2, 0.25) is 0 Å². The van der Waals surface area contributed by atoms with E-state index in [1.54, 1.807) is 34.4 Å². The highest BCUT2D eigenvalue weighted by atomic mass is 32.2. The zero-order valence-corrected chi connectivity index (χ0v) is 20.3. The molecule has 172 valence electrons. The Morgan fingerprint density at radius 2 is 2.06 bits per heavy atom. The molecule has 34 heavy (non-hydrogen) atoms. The number of nitrogens with zero attached hydrogens (tertiary/aromatic N) is 4. The van der Waals surface area contributed by atoms with Gasteiger partial charge >= 0.3 is 0 Å². The molecule has 3 aromatic heterocycles. The van der Waals surface area contributed by atoms with Crippen molar-refractivity contribution in [3.8, 4) is 5.69 Å². The van der Waals surface area contributed by atoms with Crippen LogP contribution in [0, 0.1) is 6.92 Å². The van der Waals surface area contributed by atoms with E-state index in [1.165, 1.54) is 22.9 Å². The van der Waals surface area contributed by atoms with Gasteiger partial charge < -0.3 is 0 Å². The molecule has 1 aromatic carbocycles. The number of benzene rings is 1. The number of nitrogens with one attached hydrogen (secondary N) is 1. The summed E-state index contributed by atoms with van der Waals surface area (Å²) in [5, 5.41) is 5.23. The summed E-state index contributed by atoms with van der Waals surface area (Å²) in [5.74, 6) is -0.195. The zero-order chi connectivity index (χ0) is 23.5. The predicted octanol–water partition coefficient (Wildman–Crippen LogP) is 4.27. The molecule has 0 spiro atoms. The van der Waals surface area contributed by atoms with Crippen LogP contribution in [0.3, 0.4) is 0 Å². The molecule has 7 nitrogen and oxygen atoms in total. The minimum Gasteiger partial charge on any atom is -0.272 e. The third-order valence-corrected chi connectivity index (χ3v) is 7.79. The Morgan fingerprint density at radius 1 is 1.24 bits per heavy atom. The largest absolute Gasteiger partial charge is 0.272 e. The summed E-state index contributed by atoms with van der Waals surface area (Å²) in [4.78, 5) is 37.1. The highest BCUT2D eigenvalue weighted by Gasteiger charge is 2.23. The summed E-state index contributed by atoms with van der Waals surface area (Å²) in [6.45, 7) is 2.01. The Balaban J connectivity index is 1.45. The van der Waals surface area contributed by atoms with Crippen LogP contribution < -0.4 is 11.0 Å².